The van der Waals surface area contributed by atoms with Crippen molar-refractivity contribution < 1.29 is 19.8 Å². The summed E-state index contributed by atoms with van der Waals surface area (Å²) in [5, 5.41) is 20.0. The molecule has 2 rings (SSSR count). The molecule has 25 heavy (non-hydrogen) atoms. The van der Waals surface area contributed by atoms with Crippen LogP contribution < -0.4 is 0 Å². The number of carbonyl (C=O) groups is 2. The molecule has 4 heteroatoms. The molecule has 0 aromatic rings. The number of hydrogen-bond donors (Lipinski definition) is 2. The van der Waals surface area contributed by atoms with E-state index in [4.69, 9.17) is 0 Å². The number of unbranched alkanes of at least 4 members (excludes halogenated alkanes) is 4. The molecule has 2 aliphatic rings. The minimum atomic E-state index is -1.04. The summed E-state index contributed by atoms with van der Waals surface area (Å²) in [6.45, 7) is 2.22. The SMILES string of the molecule is CCCCCCC[C@H]1CC[C@](C(=O)O)(C2(C(=O)O)CCCCC2)CC1. The maximum Gasteiger partial charge on any atom is 0.310 e. The number of carboxylic acids is 2. The molecule has 0 aliphatic heterocycles. The van der Waals surface area contributed by atoms with Gasteiger partial charge in [0.25, 0.3) is 0 Å². The molecule has 0 bridgehead atoms. The van der Waals surface area contributed by atoms with Crippen LogP contribution in [-0.4, -0.2) is 22.2 Å². The molecule has 0 unspecified atom stereocenters. The highest BCUT2D eigenvalue weighted by Crippen LogP contribution is 2.58. The van der Waals surface area contributed by atoms with E-state index in [1.165, 1.54) is 38.5 Å². The van der Waals surface area contributed by atoms with Crippen molar-refractivity contribution in [2.24, 2.45) is 16.7 Å². The van der Waals surface area contributed by atoms with Gasteiger partial charge in [0.15, 0.2) is 0 Å². The highest BCUT2D eigenvalue weighted by atomic mass is 16.4. The Morgan fingerprint density at radius 1 is 0.800 bits per heavy atom. The van der Waals surface area contributed by atoms with Gasteiger partial charge in [0.1, 0.15) is 0 Å². The van der Waals surface area contributed by atoms with Crippen molar-refractivity contribution in [1.82, 2.24) is 0 Å². The van der Waals surface area contributed by atoms with Crippen LogP contribution in [0.15, 0.2) is 0 Å². The lowest BCUT2D eigenvalue weighted by Gasteiger charge is -2.50. The first-order valence-electron chi connectivity index (χ1n) is 10.5. The number of hydrogen-bond acceptors (Lipinski definition) is 2. The molecule has 0 heterocycles. The average molecular weight is 353 g/mol. The predicted molar refractivity (Wildman–Crippen MR) is 98.6 cm³/mol. The Bertz CT molecular complexity index is 443. The van der Waals surface area contributed by atoms with Crippen molar-refractivity contribution in [3.63, 3.8) is 0 Å². The van der Waals surface area contributed by atoms with E-state index in [9.17, 15) is 19.8 Å². The first-order valence-corrected chi connectivity index (χ1v) is 10.5. The molecule has 0 aromatic carbocycles. The topological polar surface area (TPSA) is 74.6 Å². The van der Waals surface area contributed by atoms with Crippen molar-refractivity contribution in [3.05, 3.63) is 0 Å². The van der Waals surface area contributed by atoms with E-state index >= 15 is 0 Å². The van der Waals surface area contributed by atoms with Gasteiger partial charge in [-0.05, 0) is 44.4 Å². The van der Waals surface area contributed by atoms with Crippen molar-refractivity contribution in [2.45, 2.75) is 103 Å². The average Bonchev–Trinajstić information content (AvgIpc) is 2.62. The van der Waals surface area contributed by atoms with E-state index in [1.807, 2.05) is 0 Å². The minimum absolute atomic E-state index is 0.538. The molecule has 0 aromatic heterocycles. The van der Waals surface area contributed by atoms with E-state index < -0.39 is 22.8 Å². The summed E-state index contributed by atoms with van der Waals surface area (Å²) >= 11 is 0. The molecule has 2 fully saturated rings. The van der Waals surface area contributed by atoms with E-state index in [1.54, 1.807) is 0 Å². The molecule has 0 atom stereocenters. The van der Waals surface area contributed by atoms with Crippen molar-refractivity contribution in [3.8, 4) is 0 Å². The van der Waals surface area contributed by atoms with Gasteiger partial charge < -0.3 is 10.2 Å². The Hall–Kier alpha value is -1.06. The summed E-state index contributed by atoms with van der Waals surface area (Å²) < 4.78 is 0. The molecule has 0 radical (unpaired) electrons. The van der Waals surface area contributed by atoms with Gasteiger partial charge in [-0.2, -0.15) is 0 Å². The zero-order valence-corrected chi connectivity index (χ0v) is 15.9. The fourth-order valence-corrected chi connectivity index (χ4v) is 5.45. The summed E-state index contributed by atoms with van der Waals surface area (Å²) in [5.41, 5.74) is -2.08. The van der Waals surface area contributed by atoms with Crippen LogP contribution in [0.1, 0.15) is 103 Å². The van der Waals surface area contributed by atoms with E-state index in [2.05, 4.69) is 6.92 Å². The van der Waals surface area contributed by atoms with Gasteiger partial charge in [-0.15, -0.1) is 0 Å². The van der Waals surface area contributed by atoms with Crippen molar-refractivity contribution >= 4 is 11.9 Å². The second kappa shape index (κ2) is 9.05. The summed E-state index contributed by atoms with van der Waals surface area (Å²) in [7, 11) is 0. The summed E-state index contributed by atoms with van der Waals surface area (Å²) in [5.74, 6) is -1.14. The lowest BCUT2D eigenvalue weighted by molar-refractivity contribution is -0.183. The first-order chi connectivity index (χ1) is 12.0. The Morgan fingerprint density at radius 3 is 1.84 bits per heavy atom. The van der Waals surface area contributed by atoms with E-state index in [0.29, 0.717) is 31.6 Å². The van der Waals surface area contributed by atoms with Crippen LogP contribution in [0.3, 0.4) is 0 Å². The fraction of sp³-hybridized carbons (Fsp3) is 0.905. The third-order valence-electron chi connectivity index (χ3n) is 7.12. The van der Waals surface area contributed by atoms with Gasteiger partial charge in [-0.3, -0.25) is 9.59 Å². The zero-order valence-electron chi connectivity index (χ0n) is 15.9. The standard InChI is InChI=1S/C21H36O4/c1-2-3-4-5-7-10-17-11-15-21(16-12-17,19(24)25)20(18(22)23)13-8-6-9-14-20/h17H,2-16H2,1H3,(H,22,23)(H,24,25)/t17-,21-. The molecule has 4 nitrogen and oxygen atoms in total. The Labute approximate surface area is 152 Å². The monoisotopic (exact) mass is 352 g/mol. The molecule has 0 amide bonds. The molecule has 2 saturated carbocycles. The lowest BCUT2D eigenvalue weighted by Crippen LogP contribution is -2.55. The normalized spacial score (nSPS) is 29.2. The molecular weight excluding hydrogens is 316 g/mol. The van der Waals surface area contributed by atoms with Gasteiger partial charge in [-0.1, -0.05) is 64.7 Å². The van der Waals surface area contributed by atoms with Crippen molar-refractivity contribution in [1.29, 1.82) is 0 Å². The first kappa shape index (κ1) is 20.3. The molecule has 2 aliphatic carbocycles. The van der Waals surface area contributed by atoms with Crippen LogP contribution >= 0.6 is 0 Å². The van der Waals surface area contributed by atoms with Gasteiger partial charge in [-0.25, -0.2) is 0 Å². The summed E-state index contributed by atoms with van der Waals surface area (Å²) in [4.78, 5) is 24.4. The third kappa shape index (κ3) is 4.20. The Balaban J connectivity index is 2.00. The molecular formula is C21H36O4. The second-order valence-corrected chi connectivity index (χ2v) is 8.48. The second-order valence-electron chi connectivity index (χ2n) is 8.48. The molecule has 144 valence electrons. The largest absolute Gasteiger partial charge is 0.481 e. The van der Waals surface area contributed by atoms with Crippen LogP contribution in [0.25, 0.3) is 0 Å². The number of carboxylic acid groups (broad SMARTS) is 2. The van der Waals surface area contributed by atoms with E-state index in [0.717, 1.165) is 32.1 Å². The maximum absolute atomic E-state index is 12.3. The Kier molecular flexibility index (Phi) is 7.33. The summed E-state index contributed by atoms with van der Waals surface area (Å²) in [6.07, 6.45) is 14.2. The van der Waals surface area contributed by atoms with Gasteiger partial charge >= 0.3 is 11.9 Å². The van der Waals surface area contributed by atoms with Gasteiger partial charge in [0.05, 0.1) is 10.8 Å². The van der Waals surface area contributed by atoms with Crippen LogP contribution in [0.2, 0.25) is 0 Å². The van der Waals surface area contributed by atoms with Crippen LogP contribution in [0.5, 0.6) is 0 Å². The van der Waals surface area contributed by atoms with Gasteiger partial charge in [0, 0.05) is 0 Å². The van der Waals surface area contributed by atoms with E-state index in [-0.39, 0.29) is 0 Å². The fourth-order valence-electron chi connectivity index (χ4n) is 5.45. The molecule has 0 saturated heterocycles. The summed E-state index contributed by atoms with van der Waals surface area (Å²) in [6, 6.07) is 0. The minimum Gasteiger partial charge on any atom is -0.481 e. The van der Waals surface area contributed by atoms with Crippen LogP contribution in [-0.2, 0) is 9.59 Å². The number of rotatable bonds is 9. The van der Waals surface area contributed by atoms with Crippen LogP contribution in [0.4, 0.5) is 0 Å². The lowest BCUT2D eigenvalue weighted by atomic mass is 9.51. The zero-order chi connectivity index (χ0) is 18.3. The predicted octanol–water partition coefficient (Wildman–Crippen LogP) is 5.64. The molecule has 0 spiro atoms. The highest BCUT2D eigenvalue weighted by molar-refractivity contribution is 5.87. The van der Waals surface area contributed by atoms with Crippen LogP contribution in [0, 0.1) is 16.7 Å². The number of aliphatic carboxylic acids is 2. The quantitative estimate of drug-likeness (QED) is 0.526. The smallest absolute Gasteiger partial charge is 0.310 e. The Morgan fingerprint density at radius 2 is 1.32 bits per heavy atom. The third-order valence-corrected chi connectivity index (χ3v) is 7.12. The van der Waals surface area contributed by atoms with Gasteiger partial charge in [0.2, 0.25) is 0 Å². The highest BCUT2D eigenvalue weighted by Gasteiger charge is 2.61. The van der Waals surface area contributed by atoms with Crippen molar-refractivity contribution in [2.75, 3.05) is 0 Å². The molecule has 2 N–H and O–H groups in total. The maximum atomic E-state index is 12.3.